The molecule has 0 aromatic carbocycles. The molecule has 5 rings (SSSR count). The van der Waals surface area contributed by atoms with E-state index in [0.717, 1.165) is 34.4 Å². The van der Waals surface area contributed by atoms with Crippen LogP contribution in [-0.2, 0) is 0 Å². The molecule has 9 nitrogen and oxygen atoms in total. The van der Waals surface area contributed by atoms with Gasteiger partial charge >= 0.3 is 0 Å². The molecular formula is C24H26N6O3. The van der Waals surface area contributed by atoms with Crippen molar-refractivity contribution in [3.05, 3.63) is 52.5 Å². The summed E-state index contributed by atoms with van der Waals surface area (Å²) in [5.41, 5.74) is 3.98. The first-order valence-electron chi connectivity index (χ1n) is 11.0. The van der Waals surface area contributed by atoms with Crippen LogP contribution in [0.15, 0.2) is 27.1 Å². The summed E-state index contributed by atoms with van der Waals surface area (Å²) in [4.78, 5) is 31.2. The van der Waals surface area contributed by atoms with Crippen LogP contribution in [0.2, 0.25) is 0 Å². The van der Waals surface area contributed by atoms with Crippen LogP contribution in [0.5, 0.6) is 0 Å². The lowest BCUT2D eigenvalue weighted by atomic mass is 10.0. The first-order valence-corrected chi connectivity index (χ1v) is 11.0. The van der Waals surface area contributed by atoms with E-state index < -0.39 is 0 Å². The number of rotatable bonds is 3. The fourth-order valence-corrected chi connectivity index (χ4v) is 4.45. The second-order valence-electron chi connectivity index (χ2n) is 8.52. The lowest BCUT2D eigenvalue weighted by Gasteiger charge is -2.35. The predicted octanol–water partition coefficient (Wildman–Crippen LogP) is 3.78. The lowest BCUT2D eigenvalue weighted by molar-refractivity contribution is 0.0748. The number of fused-ring (bicyclic) bond motifs is 1. The minimum Gasteiger partial charge on any atom is -0.466 e. The number of amides is 1. The zero-order valence-corrected chi connectivity index (χ0v) is 19.5. The summed E-state index contributed by atoms with van der Waals surface area (Å²) in [6, 6.07) is 5.74. The van der Waals surface area contributed by atoms with Crippen LogP contribution >= 0.6 is 0 Å². The quantitative estimate of drug-likeness (QED) is 0.469. The Morgan fingerprint density at radius 2 is 1.70 bits per heavy atom. The average Bonchev–Trinajstić information content (AvgIpc) is 3.33. The highest BCUT2D eigenvalue weighted by atomic mass is 16.5. The smallest absolute Gasteiger partial charge is 0.259 e. The fraction of sp³-hybridized carbons (Fsp3) is 0.375. The molecule has 0 N–H and O–H groups in total. The zero-order chi connectivity index (χ0) is 23.3. The summed E-state index contributed by atoms with van der Waals surface area (Å²) in [6.07, 6.45) is 0. The van der Waals surface area contributed by atoms with Gasteiger partial charge in [0.25, 0.3) is 11.6 Å². The van der Waals surface area contributed by atoms with Crippen molar-refractivity contribution in [2.45, 2.75) is 34.6 Å². The van der Waals surface area contributed by atoms with E-state index in [4.69, 9.17) is 8.94 Å². The van der Waals surface area contributed by atoms with Gasteiger partial charge in [0.05, 0.1) is 22.3 Å². The zero-order valence-electron chi connectivity index (χ0n) is 19.5. The number of hydrogen-bond donors (Lipinski definition) is 0. The van der Waals surface area contributed by atoms with E-state index in [-0.39, 0.29) is 5.91 Å². The monoisotopic (exact) mass is 446 g/mol. The summed E-state index contributed by atoms with van der Waals surface area (Å²) < 4.78 is 11.1. The predicted molar refractivity (Wildman–Crippen MR) is 123 cm³/mol. The number of aromatic nitrogens is 4. The van der Waals surface area contributed by atoms with Gasteiger partial charge in [0, 0.05) is 43.5 Å². The Kier molecular flexibility index (Phi) is 5.11. The highest BCUT2D eigenvalue weighted by molar-refractivity contribution is 6.07. The molecule has 1 aliphatic rings. The van der Waals surface area contributed by atoms with Crippen molar-refractivity contribution < 1.29 is 13.7 Å². The maximum absolute atomic E-state index is 13.7. The van der Waals surface area contributed by atoms with Crippen LogP contribution in [0.1, 0.15) is 39.1 Å². The number of pyridine rings is 1. The van der Waals surface area contributed by atoms with E-state index in [1.807, 2.05) is 57.7 Å². The Bertz CT molecular complexity index is 1340. The average molecular weight is 447 g/mol. The molecule has 0 atom stereocenters. The third-order valence-corrected chi connectivity index (χ3v) is 6.01. The van der Waals surface area contributed by atoms with Crippen LogP contribution in [-0.4, -0.2) is 57.1 Å². The van der Waals surface area contributed by atoms with Gasteiger partial charge in [-0.05, 0) is 46.8 Å². The first kappa shape index (κ1) is 21.1. The maximum Gasteiger partial charge on any atom is 0.259 e. The number of carbonyl (C=O) groups is 1. The van der Waals surface area contributed by atoms with E-state index in [0.29, 0.717) is 54.2 Å². The van der Waals surface area contributed by atoms with E-state index in [1.54, 1.807) is 0 Å². The molecule has 1 saturated heterocycles. The Balaban J connectivity index is 1.45. The van der Waals surface area contributed by atoms with Crippen molar-refractivity contribution in [3.63, 3.8) is 0 Å². The number of piperazine rings is 1. The number of aryl methyl sites for hydroxylation is 5. The molecule has 33 heavy (non-hydrogen) atoms. The van der Waals surface area contributed by atoms with E-state index in [9.17, 15) is 4.79 Å². The Labute approximate surface area is 191 Å². The van der Waals surface area contributed by atoms with Gasteiger partial charge in [-0.3, -0.25) is 4.79 Å². The van der Waals surface area contributed by atoms with Crippen molar-refractivity contribution in [1.82, 2.24) is 25.0 Å². The van der Waals surface area contributed by atoms with Crippen molar-refractivity contribution in [3.8, 4) is 11.3 Å². The topological polar surface area (TPSA) is 101 Å². The highest BCUT2D eigenvalue weighted by Gasteiger charge is 2.27. The normalized spacial score (nSPS) is 14.3. The molecule has 4 aromatic heterocycles. The second-order valence-corrected chi connectivity index (χ2v) is 8.52. The van der Waals surface area contributed by atoms with Crippen molar-refractivity contribution >= 4 is 22.8 Å². The maximum atomic E-state index is 13.7. The second kappa shape index (κ2) is 7.99. The molecule has 0 spiro atoms. The standard InChI is InChI=1S/C24H26N6O3/c1-13-10-21(26-17(5)25-13)29-6-8-30(9-7-29)24(31)19-12-20(18-11-14(2)32-16(18)4)27-23-22(19)15(3)28-33-23/h10-12H,6-9H2,1-5H3. The molecule has 1 amide bonds. The van der Waals surface area contributed by atoms with Crippen LogP contribution in [0.4, 0.5) is 5.82 Å². The van der Waals surface area contributed by atoms with Gasteiger partial charge in [0.1, 0.15) is 23.2 Å². The fourth-order valence-electron chi connectivity index (χ4n) is 4.45. The summed E-state index contributed by atoms with van der Waals surface area (Å²) in [7, 11) is 0. The molecule has 0 unspecified atom stereocenters. The molecule has 1 aliphatic heterocycles. The molecule has 1 fully saturated rings. The number of furan rings is 1. The van der Waals surface area contributed by atoms with Crippen molar-refractivity contribution in [2.75, 3.05) is 31.1 Å². The summed E-state index contributed by atoms with van der Waals surface area (Å²) in [5, 5.41) is 4.72. The molecule has 0 radical (unpaired) electrons. The van der Waals surface area contributed by atoms with Gasteiger partial charge in [-0.25, -0.2) is 15.0 Å². The minimum absolute atomic E-state index is 0.0532. The number of hydrogen-bond acceptors (Lipinski definition) is 8. The van der Waals surface area contributed by atoms with E-state index in [1.165, 1.54) is 0 Å². The number of nitrogens with zero attached hydrogens (tertiary/aromatic N) is 6. The summed E-state index contributed by atoms with van der Waals surface area (Å²) in [6.45, 7) is 12.0. The van der Waals surface area contributed by atoms with Crippen LogP contribution in [0.25, 0.3) is 22.4 Å². The molecule has 0 bridgehead atoms. The minimum atomic E-state index is -0.0532. The highest BCUT2D eigenvalue weighted by Crippen LogP contribution is 2.31. The lowest BCUT2D eigenvalue weighted by Crippen LogP contribution is -2.49. The Morgan fingerprint density at radius 1 is 0.939 bits per heavy atom. The van der Waals surface area contributed by atoms with Gasteiger partial charge < -0.3 is 18.7 Å². The Morgan fingerprint density at radius 3 is 2.36 bits per heavy atom. The number of anilines is 1. The summed E-state index contributed by atoms with van der Waals surface area (Å²) in [5.74, 6) is 3.14. The summed E-state index contributed by atoms with van der Waals surface area (Å²) >= 11 is 0. The van der Waals surface area contributed by atoms with E-state index >= 15 is 0 Å². The molecule has 4 aromatic rings. The largest absolute Gasteiger partial charge is 0.466 e. The molecule has 170 valence electrons. The van der Waals surface area contributed by atoms with Gasteiger partial charge in [-0.1, -0.05) is 5.16 Å². The van der Waals surface area contributed by atoms with Gasteiger partial charge in [-0.2, -0.15) is 0 Å². The van der Waals surface area contributed by atoms with Crippen molar-refractivity contribution in [2.24, 2.45) is 0 Å². The third kappa shape index (κ3) is 3.83. The molecular weight excluding hydrogens is 420 g/mol. The SMILES string of the molecule is Cc1cc(N2CCN(C(=O)c3cc(-c4cc(C)oc4C)nc4onc(C)c34)CC2)nc(C)n1. The van der Waals surface area contributed by atoms with Crippen LogP contribution in [0, 0.1) is 34.6 Å². The Hall–Kier alpha value is -3.75. The van der Waals surface area contributed by atoms with Crippen molar-refractivity contribution in [1.29, 1.82) is 0 Å². The third-order valence-electron chi connectivity index (χ3n) is 6.01. The van der Waals surface area contributed by atoms with E-state index in [2.05, 4.69) is 25.0 Å². The molecule has 5 heterocycles. The molecule has 0 saturated carbocycles. The van der Waals surface area contributed by atoms with Crippen LogP contribution < -0.4 is 4.90 Å². The van der Waals surface area contributed by atoms with Gasteiger partial charge in [0.15, 0.2) is 0 Å². The van der Waals surface area contributed by atoms with Gasteiger partial charge in [0.2, 0.25) is 0 Å². The van der Waals surface area contributed by atoms with Crippen LogP contribution in [0.3, 0.4) is 0 Å². The first-order chi connectivity index (χ1) is 15.8. The van der Waals surface area contributed by atoms with Gasteiger partial charge in [-0.15, -0.1) is 0 Å². The molecule has 9 heteroatoms. The molecule has 0 aliphatic carbocycles. The number of carbonyl (C=O) groups excluding carboxylic acids is 1.